The number of imidazole rings is 1. The van der Waals surface area contributed by atoms with E-state index in [-0.39, 0.29) is 0 Å². The Hall–Kier alpha value is -1.65. The molecule has 0 bridgehead atoms. The van der Waals surface area contributed by atoms with Crippen LogP contribution in [0.3, 0.4) is 0 Å². The number of hydrogen-bond acceptors (Lipinski definition) is 4. The van der Waals surface area contributed by atoms with Crippen molar-refractivity contribution >= 4 is 17.1 Å². The lowest BCUT2D eigenvalue weighted by atomic mass is 10.1. The Bertz CT molecular complexity index is 517. The number of rotatable bonds is 5. The molecule has 0 aliphatic carbocycles. The van der Waals surface area contributed by atoms with Gasteiger partial charge in [-0.05, 0) is 13.3 Å². The second-order valence-corrected chi connectivity index (χ2v) is 4.92. The lowest BCUT2D eigenvalue weighted by molar-refractivity contribution is 0.493. The van der Waals surface area contributed by atoms with E-state index in [9.17, 15) is 0 Å². The van der Waals surface area contributed by atoms with Crippen LogP contribution in [0.1, 0.15) is 39.2 Å². The van der Waals surface area contributed by atoms with Gasteiger partial charge in [-0.3, -0.25) is 0 Å². The van der Waals surface area contributed by atoms with Crippen LogP contribution in [-0.2, 0) is 0 Å². The molecular formula is C13H21N5. The summed E-state index contributed by atoms with van der Waals surface area (Å²) < 4.78 is 2.15. The molecule has 0 aliphatic heterocycles. The number of anilines is 1. The molecule has 0 fully saturated rings. The van der Waals surface area contributed by atoms with Gasteiger partial charge in [-0.2, -0.15) is 4.98 Å². The van der Waals surface area contributed by atoms with Gasteiger partial charge in [-0.1, -0.05) is 19.8 Å². The summed E-state index contributed by atoms with van der Waals surface area (Å²) in [6, 6.07) is 0.430. The van der Waals surface area contributed by atoms with Crippen molar-refractivity contribution in [3.63, 3.8) is 0 Å². The molecule has 1 unspecified atom stereocenters. The highest BCUT2D eigenvalue weighted by Gasteiger charge is 2.12. The molecular weight excluding hydrogens is 226 g/mol. The Morgan fingerprint density at radius 1 is 1.33 bits per heavy atom. The summed E-state index contributed by atoms with van der Waals surface area (Å²) in [6.45, 7) is 4.43. The largest absolute Gasteiger partial charge is 0.347 e. The van der Waals surface area contributed by atoms with E-state index in [1.54, 1.807) is 6.20 Å². The average Bonchev–Trinajstić information content (AvgIpc) is 2.78. The molecule has 0 N–H and O–H groups in total. The summed E-state index contributed by atoms with van der Waals surface area (Å²) in [4.78, 5) is 15.1. The Kier molecular flexibility index (Phi) is 3.79. The van der Waals surface area contributed by atoms with Crippen molar-refractivity contribution in [3.05, 3.63) is 12.5 Å². The third kappa shape index (κ3) is 2.44. The number of aromatic nitrogens is 4. The smallest absolute Gasteiger partial charge is 0.226 e. The Balaban J connectivity index is 2.35. The lowest BCUT2D eigenvalue weighted by Gasteiger charge is -2.14. The van der Waals surface area contributed by atoms with Gasteiger partial charge < -0.3 is 9.47 Å². The second kappa shape index (κ2) is 5.33. The molecule has 2 aromatic rings. The number of hydrogen-bond donors (Lipinski definition) is 0. The summed E-state index contributed by atoms with van der Waals surface area (Å²) in [5, 5.41) is 0. The minimum absolute atomic E-state index is 0.430. The van der Waals surface area contributed by atoms with Gasteiger partial charge >= 0.3 is 0 Å². The molecule has 1 atom stereocenters. The molecule has 2 rings (SSSR count). The van der Waals surface area contributed by atoms with Crippen molar-refractivity contribution in [2.24, 2.45) is 0 Å². The maximum absolute atomic E-state index is 4.58. The van der Waals surface area contributed by atoms with Gasteiger partial charge in [0.05, 0.1) is 12.5 Å². The minimum Gasteiger partial charge on any atom is -0.347 e. The molecule has 0 radical (unpaired) electrons. The second-order valence-electron chi connectivity index (χ2n) is 4.92. The Morgan fingerprint density at radius 2 is 2.11 bits per heavy atom. The molecule has 0 saturated carbocycles. The van der Waals surface area contributed by atoms with E-state index < -0.39 is 0 Å². The molecule has 0 aromatic carbocycles. The first-order valence-electron chi connectivity index (χ1n) is 6.50. The van der Waals surface area contributed by atoms with Gasteiger partial charge in [-0.15, -0.1) is 0 Å². The van der Waals surface area contributed by atoms with E-state index in [1.807, 2.05) is 25.3 Å². The van der Waals surface area contributed by atoms with E-state index in [2.05, 4.69) is 33.4 Å². The highest BCUT2D eigenvalue weighted by atomic mass is 15.2. The van der Waals surface area contributed by atoms with Crippen molar-refractivity contribution in [2.75, 3.05) is 19.0 Å². The highest BCUT2D eigenvalue weighted by molar-refractivity contribution is 5.71. The van der Waals surface area contributed by atoms with Crippen LogP contribution in [0.2, 0.25) is 0 Å². The van der Waals surface area contributed by atoms with Gasteiger partial charge in [-0.25, -0.2) is 9.97 Å². The maximum Gasteiger partial charge on any atom is 0.226 e. The van der Waals surface area contributed by atoms with Gasteiger partial charge in [0.25, 0.3) is 0 Å². The number of nitrogens with zero attached hydrogens (tertiary/aromatic N) is 5. The summed E-state index contributed by atoms with van der Waals surface area (Å²) in [5.41, 5.74) is 1.79. The van der Waals surface area contributed by atoms with Crippen molar-refractivity contribution in [1.82, 2.24) is 19.5 Å². The molecule has 5 heteroatoms. The minimum atomic E-state index is 0.430. The fourth-order valence-corrected chi connectivity index (χ4v) is 1.99. The van der Waals surface area contributed by atoms with Gasteiger partial charge in [0.15, 0.2) is 5.65 Å². The average molecular weight is 247 g/mol. The predicted octanol–water partition coefficient (Wildman–Crippen LogP) is 2.64. The number of unbranched alkanes of at least 4 members (excludes halogenated alkanes) is 1. The monoisotopic (exact) mass is 247 g/mol. The summed E-state index contributed by atoms with van der Waals surface area (Å²) in [7, 11) is 3.89. The molecule has 5 nitrogen and oxygen atoms in total. The summed E-state index contributed by atoms with van der Waals surface area (Å²) in [6.07, 6.45) is 7.27. The quantitative estimate of drug-likeness (QED) is 0.815. The van der Waals surface area contributed by atoms with Crippen LogP contribution in [0, 0.1) is 0 Å². The highest BCUT2D eigenvalue weighted by Crippen LogP contribution is 2.20. The zero-order valence-electron chi connectivity index (χ0n) is 11.6. The topological polar surface area (TPSA) is 46.8 Å². The zero-order valence-corrected chi connectivity index (χ0v) is 11.6. The fraction of sp³-hybridized carbons (Fsp3) is 0.615. The van der Waals surface area contributed by atoms with Crippen LogP contribution in [0.5, 0.6) is 0 Å². The van der Waals surface area contributed by atoms with Crippen molar-refractivity contribution in [1.29, 1.82) is 0 Å². The van der Waals surface area contributed by atoms with Crippen LogP contribution < -0.4 is 4.90 Å². The van der Waals surface area contributed by atoms with Crippen molar-refractivity contribution in [2.45, 2.75) is 39.2 Å². The van der Waals surface area contributed by atoms with E-state index in [1.165, 1.54) is 12.8 Å². The Labute approximate surface area is 108 Å². The standard InChI is InChI=1S/C13H21N5/c1-5-6-7-10(2)18-9-15-11-8-14-13(17(3)4)16-12(11)18/h8-10H,5-7H2,1-4H3. The molecule has 0 aliphatic rings. The van der Waals surface area contributed by atoms with Crippen molar-refractivity contribution in [3.8, 4) is 0 Å². The van der Waals surface area contributed by atoms with Crippen LogP contribution in [-0.4, -0.2) is 33.6 Å². The molecule has 0 spiro atoms. The third-order valence-corrected chi connectivity index (χ3v) is 3.15. The first-order chi connectivity index (χ1) is 8.63. The molecule has 2 heterocycles. The predicted molar refractivity (Wildman–Crippen MR) is 73.9 cm³/mol. The first kappa shape index (κ1) is 12.8. The van der Waals surface area contributed by atoms with Crippen LogP contribution in [0.4, 0.5) is 5.95 Å². The van der Waals surface area contributed by atoms with Gasteiger partial charge in [0.1, 0.15) is 5.52 Å². The SMILES string of the molecule is CCCCC(C)n1cnc2cnc(N(C)C)nc21. The maximum atomic E-state index is 4.58. The van der Waals surface area contributed by atoms with Gasteiger partial charge in [0.2, 0.25) is 5.95 Å². The molecule has 98 valence electrons. The first-order valence-corrected chi connectivity index (χ1v) is 6.50. The summed E-state index contributed by atoms with van der Waals surface area (Å²) in [5.74, 6) is 0.729. The van der Waals surface area contributed by atoms with E-state index in [0.29, 0.717) is 6.04 Å². The number of fused-ring (bicyclic) bond motifs is 1. The van der Waals surface area contributed by atoms with E-state index in [4.69, 9.17) is 0 Å². The lowest BCUT2D eigenvalue weighted by Crippen LogP contribution is -2.13. The van der Waals surface area contributed by atoms with Crippen LogP contribution in [0.15, 0.2) is 12.5 Å². The molecule has 2 aromatic heterocycles. The molecule has 0 saturated heterocycles. The molecule has 0 amide bonds. The van der Waals surface area contributed by atoms with Crippen molar-refractivity contribution < 1.29 is 0 Å². The summed E-state index contributed by atoms with van der Waals surface area (Å²) >= 11 is 0. The normalized spacial score (nSPS) is 12.9. The Morgan fingerprint density at radius 3 is 2.78 bits per heavy atom. The third-order valence-electron chi connectivity index (χ3n) is 3.15. The van der Waals surface area contributed by atoms with Crippen LogP contribution >= 0.6 is 0 Å². The fourth-order valence-electron chi connectivity index (χ4n) is 1.99. The molecule has 18 heavy (non-hydrogen) atoms. The van der Waals surface area contributed by atoms with E-state index in [0.717, 1.165) is 23.5 Å². The zero-order chi connectivity index (χ0) is 13.1. The van der Waals surface area contributed by atoms with Gasteiger partial charge in [0, 0.05) is 20.1 Å². The van der Waals surface area contributed by atoms with E-state index >= 15 is 0 Å². The van der Waals surface area contributed by atoms with Crippen LogP contribution in [0.25, 0.3) is 11.2 Å².